The van der Waals surface area contributed by atoms with E-state index in [1.807, 2.05) is 0 Å². The minimum Gasteiger partial charge on any atom is -0.454 e. The van der Waals surface area contributed by atoms with Crippen molar-refractivity contribution in [2.75, 3.05) is 13.2 Å². The molecule has 20 heavy (non-hydrogen) atoms. The Kier molecular flexibility index (Phi) is 11.0. The number of rotatable bonds is 2. The van der Waals surface area contributed by atoms with Crippen LogP contribution < -0.4 is 0 Å². The van der Waals surface area contributed by atoms with Crippen LogP contribution in [0, 0.1) is 83.4 Å². The van der Waals surface area contributed by atoms with Gasteiger partial charge in [-0.15, -0.1) is 6.42 Å². The van der Waals surface area contributed by atoms with E-state index in [4.69, 9.17) is 11.5 Å². The molecular weight excluding hydrogens is 252 g/mol. The zero-order valence-electron chi connectivity index (χ0n) is 10.3. The minimum atomic E-state index is -0.760. The van der Waals surface area contributed by atoms with Gasteiger partial charge in [0.1, 0.15) is 6.61 Å². The van der Waals surface area contributed by atoms with Crippen molar-refractivity contribution in [2.45, 2.75) is 0 Å². The Morgan fingerprint density at radius 2 is 1.30 bits per heavy atom. The van der Waals surface area contributed by atoms with Gasteiger partial charge in [0.05, 0.1) is 6.61 Å². The van der Waals surface area contributed by atoms with Crippen molar-refractivity contribution in [3.63, 3.8) is 0 Å². The van der Waals surface area contributed by atoms with Crippen LogP contribution in [0.2, 0.25) is 0 Å². The first-order chi connectivity index (χ1) is 9.81. The topological polar surface area (TPSA) is 46.5 Å². The predicted octanol–water partition coefficient (Wildman–Crippen LogP) is -0.825. The summed E-state index contributed by atoms with van der Waals surface area (Å²) in [6.45, 7) is -0.344. The maximum atomic E-state index is 10.8. The highest BCUT2D eigenvalue weighted by Crippen LogP contribution is 1.73. The average molecular weight is 258 g/mol. The van der Waals surface area contributed by atoms with Gasteiger partial charge in [0, 0.05) is 5.92 Å². The molecule has 0 heterocycles. The molecule has 0 spiro atoms. The third-order valence-corrected chi connectivity index (χ3v) is 1.19. The highest BCUT2D eigenvalue weighted by Gasteiger charge is 1.92. The first kappa shape index (κ1) is 16.3. The van der Waals surface area contributed by atoms with Gasteiger partial charge in [-0.2, -0.15) is 0 Å². The van der Waals surface area contributed by atoms with Crippen molar-refractivity contribution in [1.29, 1.82) is 0 Å². The molecule has 0 unspecified atom stereocenters. The van der Waals surface area contributed by atoms with Crippen LogP contribution in [-0.2, 0) is 9.53 Å². The van der Waals surface area contributed by atoms with Crippen LogP contribution in [0.1, 0.15) is 0 Å². The van der Waals surface area contributed by atoms with Crippen LogP contribution in [0.15, 0.2) is 0 Å². The first-order valence-corrected chi connectivity index (χ1v) is 5.05. The van der Waals surface area contributed by atoms with Gasteiger partial charge in [-0.3, -0.25) is 0 Å². The second kappa shape index (κ2) is 13.4. The number of aliphatic hydroxyl groups excluding tert-OH is 1. The Hall–Kier alpha value is -3.65. The van der Waals surface area contributed by atoms with E-state index in [0.29, 0.717) is 0 Å². The molecule has 3 heteroatoms. The molecule has 0 bridgehead atoms. The third-order valence-electron chi connectivity index (χ3n) is 1.19. The number of carbonyl (C=O) groups excluding carboxylic acids is 1. The Morgan fingerprint density at radius 1 is 0.850 bits per heavy atom. The molecule has 3 nitrogen and oxygen atoms in total. The average Bonchev–Trinajstić information content (AvgIpc) is 2.46. The summed E-state index contributed by atoms with van der Waals surface area (Å²) < 4.78 is 4.46. The molecule has 0 radical (unpaired) electrons. The highest BCUT2D eigenvalue weighted by atomic mass is 16.5. The third kappa shape index (κ3) is 12.4. The molecule has 1 N–H and O–H groups in total. The van der Waals surface area contributed by atoms with Crippen LogP contribution in [-0.4, -0.2) is 24.3 Å². The number of esters is 1. The van der Waals surface area contributed by atoms with E-state index in [2.05, 4.69) is 81.7 Å². The fraction of sp³-hybridized carbons (Fsp3) is 0.118. The molecule has 0 aromatic carbocycles. The zero-order chi connectivity index (χ0) is 14.9. The summed E-state index contributed by atoms with van der Waals surface area (Å²) in [5, 5.41) is 8.38. The smallest absolute Gasteiger partial charge is 0.385 e. The molecule has 92 valence electrons. The van der Waals surface area contributed by atoms with E-state index in [-0.39, 0.29) is 13.2 Å². The largest absolute Gasteiger partial charge is 0.454 e. The standard InChI is InChI=1S/C17H6O3/c1-2-3-4-5-6-7-8-9-10-11-12-13-14-17(19)20-16-15-18/h1,18H,15-16H2. The molecule has 0 aromatic heterocycles. The van der Waals surface area contributed by atoms with Gasteiger partial charge in [-0.05, 0) is 71.0 Å². The molecule has 0 fully saturated rings. The van der Waals surface area contributed by atoms with Gasteiger partial charge >= 0.3 is 5.97 Å². The van der Waals surface area contributed by atoms with Crippen molar-refractivity contribution in [2.24, 2.45) is 0 Å². The van der Waals surface area contributed by atoms with Crippen molar-refractivity contribution in [3.05, 3.63) is 0 Å². The summed E-state index contributed by atoms with van der Waals surface area (Å²) in [7, 11) is 0. The van der Waals surface area contributed by atoms with E-state index in [1.54, 1.807) is 0 Å². The minimum absolute atomic E-state index is 0.0942. The summed E-state index contributed by atoms with van der Waals surface area (Å²) in [4.78, 5) is 10.8. The summed E-state index contributed by atoms with van der Waals surface area (Å²) in [5.41, 5.74) is 0. The van der Waals surface area contributed by atoms with Crippen LogP contribution >= 0.6 is 0 Å². The Morgan fingerprint density at radius 3 is 1.75 bits per heavy atom. The zero-order valence-corrected chi connectivity index (χ0v) is 10.3. The fourth-order valence-corrected chi connectivity index (χ4v) is 0.574. The van der Waals surface area contributed by atoms with Gasteiger partial charge in [0.2, 0.25) is 0 Å². The van der Waals surface area contributed by atoms with Gasteiger partial charge in [0.15, 0.2) is 0 Å². The molecule has 0 aliphatic heterocycles. The van der Waals surface area contributed by atoms with Crippen molar-refractivity contribution < 1.29 is 14.6 Å². The van der Waals surface area contributed by atoms with Gasteiger partial charge in [-0.25, -0.2) is 4.79 Å². The number of terminal acetylenes is 1. The normalized spacial score (nSPS) is 5.40. The summed E-state index contributed by atoms with van der Waals surface area (Å²) in [6, 6.07) is 0. The molecule has 0 saturated heterocycles. The number of carbonyl (C=O) groups is 1. The second-order valence-corrected chi connectivity index (χ2v) is 2.50. The van der Waals surface area contributed by atoms with Crippen LogP contribution in [0.3, 0.4) is 0 Å². The van der Waals surface area contributed by atoms with Crippen LogP contribution in [0.25, 0.3) is 0 Å². The van der Waals surface area contributed by atoms with E-state index in [0.717, 1.165) is 0 Å². The first-order valence-electron chi connectivity index (χ1n) is 5.05. The molecule has 0 amide bonds. The Balaban J connectivity index is 4.24. The molecule has 0 atom stereocenters. The van der Waals surface area contributed by atoms with E-state index < -0.39 is 5.97 Å². The fourth-order valence-electron chi connectivity index (χ4n) is 0.574. The number of aliphatic hydroxyl groups is 1. The number of hydrogen-bond donors (Lipinski definition) is 1. The van der Waals surface area contributed by atoms with Crippen LogP contribution in [0.5, 0.6) is 0 Å². The lowest BCUT2D eigenvalue weighted by Crippen LogP contribution is -2.05. The maximum absolute atomic E-state index is 10.8. The number of ether oxygens (including phenoxy) is 1. The van der Waals surface area contributed by atoms with Gasteiger partial charge in [0.25, 0.3) is 0 Å². The Bertz CT molecular complexity index is 756. The van der Waals surface area contributed by atoms with E-state index in [9.17, 15) is 4.79 Å². The number of hydrogen-bond acceptors (Lipinski definition) is 3. The monoisotopic (exact) mass is 258 g/mol. The highest BCUT2D eigenvalue weighted by molar-refractivity contribution is 5.89. The molecular formula is C17H6O3. The van der Waals surface area contributed by atoms with Gasteiger partial charge in [-0.1, -0.05) is 0 Å². The van der Waals surface area contributed by atoms with E-state index in [1.165, 1.54) is 0 Å². The maximum Gasteiger partial charge on any atom is 0.385 e. The van der Waals surface area contributed by atoms with Crippen LogP contribution in [0.4, 0.5) is 0 Å². The molecule has 0 aliphatic carbocycles. The SMILES string of the molecule is C#CC#CC#CC#CC#CC#CC#CC(=O)OCCO. The lowest BCUT2D eigenvalue weighted by Gasteiger charge is -1.92. The molecule has 0 aromatic rings. The predicted molar refractivity (Wildman–Crippen MR) is 73.5 cm³/mol. The second-order valence-electron chi connectivity index (χ2n) is 2.50. The summed E-state index contributed by atoms with van der Waals surface area (Å²) in [6.07, 6.45) is 4.88. The summed E-state index contributed by atoms with van der Waals surface area (Å²) in [5.74, 6) is 29.5. The molecule has 0 rings (SSSR count). The quantitative estimate of drug-likeness (QED) is 0.400. The lowest BCUT2D eigenvalue weighted by molar-refractivity contribution is -0.137. The van der Waals surface area contributed by atoms with Crippen molar-refractivity contribution >= 4 is 5.97 Å². The van der Waals surface area contributed by atoms with E-state index >= 15 is 0 Å². The van der Waals surface area contributed by atoms with Crippen molar-refractivity contribution in [3.8, 4) is 83.4 Å². The lowest BCUT2D eigenvalue weighted by atomic mass is 10.5. The summed E-state index contributed by atoms with van der Waals surface area (Å²) >= 11 is 0. The molecule has 0 saturated carbocycles. The molecule has 0 aliphatic rings. The van der Waals surface area contributed by atoms with Gasteiger partial charge < -0.3 is 9.84 Å². The Labute approximate surface area is 118 Å². The van der Waals surface area contributed by atoms with Crippen molar-refractivity contribution in [1.82, 2.24) is 0 Å².